The van der Waals surface area contributed by atoms with Crippen LogP contribution in [-0.2, 0) is 21.7 Å². The summed E-state index contributed by atoms with van der Waals surface area (Å²) >= 11 is 0. The number of hydrogen-bond acceptors (Lipinski definition) is 0. The highest BCUT2D eigenvalue weighted by Crippen LogP contribution is 2.67. The minimum Gasteiger partial charge on any atom is -0.0683 e. The molecule has 0 heterocycles. The largest absolute Gasteiger partial charge is 0.0683 e. The van der Waals surface area contributed by atoms with Crippen LogP contribution in [0.25, 0.3) is 22.3 Å². The monoisotopic (exact) mass is 1550 g/mol. The van der Waals surface area contributed by atoms with Crippen molar-refractivity contribution in [3.8, 4) is 22.3 Å². The molecule has 9 fully saturated rings. The number of rotatable bonds is 8. The molecule has 0 radical (unpaired) electrons. The predicted molar refractivity (Wildman–Crippen MR) is 529 cm³/mol. The summed E-state index contributed by atoms with van der Waals surface area (Å²) in [6.45, 7) is 68.0. The van der Waals surface area contributed by atoms with Crippen LogP contribution in [0.1, 0.15) is 372 Å². The van der Waals surface area contributed by atoms with E-state index in [1.165, 1.54) is 136 Å². The lowest BCUT2D eigenvalue weighted by Gasteiger charge is -2.62. The average molecular weight is 1550 g/mol. The molecular formula is C114H184. The predicted octanol–water partition coefficient (Wildman–Crippen LogP) is 38.3. The molecule has 0 nitrogen and oxygen atoms in total. The first-order valence-corrected chi connectivity index (χ1v) is 48.0. The van der Waals surface area contributed by atoms with Gasteiger partial charge in [0.05, 0.1) is 0 Å². The van der Waals surface area contributed by atoms with Gasteiger partial charge in [-0.05, 0) is 185 Å². The van der Waals surface area contributed by atoms with Gasteiger partial charge in [0.15, 0.2) is 0 Å². The highest BCUT2D eigenvalue weighted by molar-refractivity contribution is 5.70. The molecule has 0 amide bonds. The molecule has 0 unspecified atom stereocenters. The van der Waals surface area contributed by atoms with Gasteiger partial charge in [-0.15, -0.1) is 0 Å². The zero-order valence-electron chi connectivity index (χ0n) is 81.2. The van der Waals surface area contributed by atoms with Crippen LogP contribution in [0.5, 0.6) is 0 Å². The molecule has 0 aromatic heterocycles. The van der Waals surface area contributed by atoms with Crippen molar-refractivity contribution in [3.63, 3.8) is 0 Å². The van der Waals surface area contributed by atoms with E-state index in [0.717, 1.165) is 35.5 Å². The Kier molecular flexibility index (Phi) is 75.8. The zero-order valence-corrected chi connectivity index (χ0v) is 81.2. The number of benzene rings is 9. The van der Waals surface area contributed by atoms with Gasteiger partial charge in [0, 0.05) is 10.8 Å². The van der Waals surface area contributed by atoms with Crippen LogP contribution in [0.15, 0.2) is 267 Å². The summed E-state index contributed by atoms with van der Waals surface area (Å²) in [5.74, 6) is 5.64. The smallest absolute Gasteiger partial charge is 0.0259 e. The quantitative estimate of drug-likeness (QED) is 0.142. The summed E-state index contributed by atoms with van der Waals surface area (Å²) in [4.78, 5) is 0. The average Bonchev–Trinajstić information content (AvgIpc) is 0.710. The van der Waals surface area contributed by atoms with Crippen LogP contribution in [0.2, 0.25) is 0 Å². The first-order chi connectivity index (χ1) is 56.5. The molecule has 0 atom stereocenters. The summed E-state index contributed by atoms with van der Waals surface area (Å²) in [6, 6.07) is 97.5. The van der Waals surface area contributed by atoms with Crippen LogP contribution < -0.4 is 0 Å². The van der Waals surface area contributed by atoms with Crippen molar-refractivity contribution in [1.82, 2.24) is 0 Å². The van der Waals surface area contributed by atoms with Gasteiger partial charge in [-0.2, -0.15) is 0 Å². The maximum absolute atomic E-state index is 2.40. The third-order valence-corrected chi connectivity index (χ3v) is 21.2. The summed E-state index contributed by atoms with van der Waals surface area (Å²) < 4.78 is 0. The van der Waals surface area contributed by atoms with Crippen LogP contribution in [-0.4, -0.2) is 0 Å². The summed E-state index contributed by atoms with van der Waals surface area (Å²) in [5.41, 5.74) is 15.9. The maximum atomic E-state index is 2.40. The van der Waals surface area contributed by atoms with E-state index in [4.69, 9.17) is 0 Å². The van der Waals surface area contributed by atoms with Gasteiger partial charge in [0.1, 0.15) is 0 Å². The third kappa shape index (κ3) is 33.9. The molecule has 0 heteroatoms. The van der Waals surface area contributed by atoms with E-state index in [-0.39, 0.29) is 10.8 Å². The summed E-state index contributed by atoms with van der Waals surface area (Å²) in [7, 11) is 0. The van der Waals surface area contributed by atoms with Gasteiger partial charge < -0.3 is 0 Å². The Morgan fingerprint density at radius 2 is 0.377 bits per heavy atom. The minimum absolute atomic E-state index is 0.265. The second kappa shape index (κ2) is 74.8. The molecule has 114 heavy (non-hydrogen) atoms. The Hall–Kier alpha value is -7.02. The van der Waals surface area contributed by atoms with Crippen LogP contribution in [0, 0.1) is 35.5 Å². The lowest BCUT2D eigenvalue weighted by molar-refractivity contribution is -0.0418. The Bertz CT molecular complexity index is 3080. The minimum atomic E-state index is 0.265. The van der Waals surface area contributed by atoms with Crippen molar-refractivity contribution in [1.29, 1.82) is 0 Å². The molecule has 0 saturated heterocycles. The molecule has 0 aliphatic heterocycles. The fourth-order valence-corrected chi connectivity index (χ4v) is 18.5. The van der Waals surface area contributed by atoms with Crippen molar-refractivity contribution in [2.45, 2.75) is 360 Å². The molecule has 9 aliphatic rings. The van der Waals surface area contributed by atoms with E-state index < -0.39 is 0 Å². The van der Waals surface area contributed by atoms with Gasteiger partial charge in [-0.1, -0.05) is 522 Å². The van der Waals surface area contributed by atoms with E-state index in [0.29, 0.717) is 10.8 Å². The standard InChI is InChI=1S/2C22H24.C18H20.C18H14.17C2H6/c1-3-7-19(8-4-1)21-12-17-11-18(13-21)15-22(14-17,16-21)20-9-5-2-6-10-20;1-3-7-18(8-4-1)22(19-9-5-2-6-10-19)20-12-16-11-17(14-20)15-21(22)13-16;1-4-10-16(11-5-1)18(14-8-3-9-15-18)17-12-6-2-7-13-17;1-3-7-15(8-4-1)17-11-13-18(14-12-17)16-9-5-2-6-10-16;17*1-2/h1-10,17-18H,11-16H2;1-10,16-17,20-21H,11-15H2;1-2,4-7,10-13H,3,8-9,14-15H2;1-14H;17*1-2H3. The maximum Gasteiger partial charge on any atom is 0.0259 e. The SMILES string of the molecule is CC.CC.CC.CC.CC.CC.CC.CC.CC.CC.CC.CC.CC.CC.CC.CC.CC.c1ccc(-c2ccc(-c3ccccc3)cc2)cc1.c1ccc(C2(c3ccccc3)C3CC4CC(C3)CC2C4)cc1.c1ccc(C2(c3ccccc3)CCCCC2)cc1.c1ccc(C23CC4CC(C2)CC(c2ccccc2)(C4)C3)cc1. The molecular weight excluding hydrogens is 1370 g/mol. The Morgan fingerprint density at radius 1 is 0.184 bits per heavy atom. The Morgan fingerprint density at radius 3 is 0.614 bits per heavy atom. The Labute approximate surface area is 713 Å². The van der Waals surface area contributed by atoms with E-state index in [9.17, 15) is 0 Å². The second-order valence-electron chi connectivity index (χ2n) is 25.8. The zero-order chi connectivity index (χ0) is 87.7. The Balaban J connectivity index is -0.000000412. The molecule has 0 spiro atoms. The van der Waals surface area contributed by atoms with Crippen LogP contribution in [0.4, 0.5) is 0 Å². The van der Waals surface area contributed by atoms with Gasteiger partial charge in [-0.3, -0.25) is 0 Å². The topological polar surface area (TPSA) is 0 Å². The molecule has 9 aromatic carbocycles. The van der Waals surface area contributed by atoms with E-state index in [2.05, 4.69) is 255 Å². The van der Waals surface area contributed by atoms with E-state index in [1.807, 2.05) is 248 Å². The lowest BCUT2D eigenvalue weighted by Crippen LogP contribution is -2.56. The molecule has 8 bridgehead atoms. The van der Waals surface area contributed by atoms with Crippen molar-refractivity contribution >= 4 is 0 Å². The molecule has 9 saturated carbocycles. The normalized spacial score (nSPS) is 19.7. The van der Waals surface area contributed by atoms with Crippen molar-refractivity contribution < 1.29 is 0 Å². The van der Waals surface area contributed by atoms with Gasteiger partial charge in [0.25, 0.3) is 0 Å². The van der Waals surface area contributed by atoms with E-state index >= 15 is 0 Å². The van der Waals surface area contributed by atoms with Crippen molar-refractivity contribution in [2.24, 2.45) is 35.5 Å². The first kappa shape index (κ1) is 116. The van der Waals surface area contributed by atoms with Crippen LogP contribution >= 0.6 is 0 Å². The fraction of sp³-hybridized carbons (Fsp3) is 0.526. The molecule has 9 aromatic rings. The first-order valence-electron chi connectivity index (χ1n) is 48.0. The highest BCUT2D eigenvalue weighted by atomic mass is 14.6. The number of hydrogen-bond donors (Lipinski definition) is 0. The fourth-order valence-electron chi connectivity index (χ4n) is 18.5. The van der Waals surface area contributed by atoms with Gasteiger partial charge >= 0.3 is 0 Å². The molecule has 18 rings (SSSR count). The molecule has 640 valence electrons. The summed E-state index contributed by atoms with van der Waals surface area (Å²) in [5, 5.41) is 0. The molecule has 9 aliphatic carbocycles. The van der Waals surface area contributed by atoms with Crippen molar-refractivity contribution in [2.75, 3.05) is 0 Å². The summed E-state index contributed by atoms with van der Waals surface area (Å²) in [6.07, 6.45) is 22.6. The van der Waals surface area contributed by atoms with Crippen LogP contribution in [0.3, 0.4) is 0 Å². The van der Waals surface area contributed by atoms with Gasteiger partial charge in [-0.25, -0.2) is 0 Å². The molecule has 0 N–H and O–H groups in total. The third-order valence-electron chi connectivity index (χ3n) is 21.2. The highest BCUT2D eigenvalue weighted by Gasteiger charge is 2.60. The van der Waals surface area contributed by atoms with E-state index in [1.54, 1.807) is 22.3 Å². The second-order valence-corrected chi connectivity index (χ2v) is 25.8. The van der Waals surface area contributed by atoms with Gasteiger partial charge in [0.2, 0.25) is 0 Å². The lowest BCUT2D eigenvalue weighted by atomic mass is 9.42. The van der Waals surface area contributed by atoms with Crippen molar-refractivity contribution in [3.05, 3.63) is 300 Å².